The Morgan fingerprint density at radius 2 is 1.88 bits per heavy atom. The smallest absolute Gasteiger partial charge is 0.417 e. The molecule has 2 heterocycles. The van der Waals surface area contributed by atoms with E-state index in [1.165, 1.54) is 11.0 Å². The molecule has 0 radical (unpaired) electrons. The number of benzene rings is 2. The first-order valence-corrected chi connectivity index (χ1v) is 10.8. The standard InChI is InChI=1S/C24H26FN5O3/c1-5-18-13-32-24(31)30(18)23-28-16(4)27-22(29-23)26-15(3)17-7-10-19(11-8-17)33-20-9-6-14(2)21(25)12-20/h6-12,15,18H,5,13H2,1-4H3,(H,26,27,28,29)/t15-,18-/m0/s1. The molecule has 2 atom stereocenters. The van der Waals surface area contributed by atoms with E-state index in [1.54, 1.807) is 26.0 Å². The molecule has 1 aromatic heterocycles. The van der Waals surface area contributed by atoms with E-state index in [0.29, 0.717) is 35.4 Å². The largest absolute Gasteiger partial charge is 0.457 e. The number of hydrogen-bond donors (Lipinski definition) is 1. The molecule has 3 aromatic rings. The van der Waals surface area contributed by atoms with Gasteiger partial charge in [0, 0.05) is 6.07 Å². The summed E-state index contributed by atoms with van der Waals surface area (Å²) in [5, 5.41) is 3.26. The molecule has 8 nitrogen and oxygen atoms in total. The first-order valence-electron chi connectivity index (χ1n) is 10.8. The fraction of sp³-hybridized carbons (Fsp3) is 0.333. The number of hydrogen-bond acceptors (Lipinski definition) is 7. The van der Waals surface area contributed by atoms with Gasteiger partial charge in [-0.25, -0.2) is 14.1 Å². The molecular formula is C24H26FN5O3. The molecule has 0 unspecified atom stereocenters. The highest BCUT2D eigenvalue weighted by molar-refractivity contribution is 5.88. The number of carbonyl (C=O) groups excluding carboxylic acids is 1. The van der Waals surface area contributed by atoms with Crippen LogP contribution >= 0.6 is 0 Å². The summed E-state index contributed by atoms with van der Waals surface area (Å²) < 4.78 is 24.6. The maximum absolute atomic E-state index is 13.7. The van der Waals surface area contributed by atoms with Crippen LogP contribution in [0.4, 0.5) is 21.1 Å². The summed E-state index contributed by atoms with van der Waals surface area (Å²) in [5.41, 5.74) is 1.55. The number of aromatic nitrogens is 3. The van der Waals surface area contributed by atoms with Crippen molar-refractivity contribution in [2.75, 3.05) is 16.8 Å². The van der Waals surface area contributed by atoms with Crippen molar-refractivity contribution in [3.8, 4) is 11.5 Å². The molecule has 9 heteroatoms. The lowest BCUT2D eigenvalue weighted by molar-refractivity contribution is 0.178. The molecule has 1 amide bonds. The van der Waals surface area contributed by atoms with Gasteiger partial charge in [-0.15, -0.1) is 0 Å². The van der Waals surface area contributed by atoms with E-state index in [1.807, 2.05) is 38.1 Å². The van der Waals surface area contributed by atoms with E-state index < -0.39 is 6.09 Å². The molecule has 0 bridgehead atoms. The fourth-order valence-electron chi connectivity index (χ4n) is 3.52. The second kappa shape index (κ2) is 9.40. The van der Waals surface area contributed by atoms with Crippen LogP contribution in [0.25, 0.3) is 0 Å². The summed E-state index contributed by atoms with van der Waals surface area (Å²) in [5.74, 6) is 1.89. The Kier molecular flexibility index (Phi) is 6.39. The zero-order valence-electron chi connectivity index (χ0n) is 19.0. The van der Waals surface area contributed by atoms with Crippen molar-refractivity contribution in [3.05, 3.63) is 65.2 Å². The molecular weight excluding hydrogens is 425 g/mol. The molecule has 172 valence electrons. The summed E-state index contributed by atoms with van der Waals surface area (Å²) in [7, 11) is 0. The zero-order chi connectivity index (χ0) is 23.5. The average molecular weight is 452 g/mol. The molecule has 1 N–H and O–H groups in total. The number of amides is 1. The topological polar surface area (TPSA) is 89.5 Å². The minimum Gasteiger partial charge on any atom is -0.457 e. The lowest BCUT2D eigenvalue weighted by Gasteiger charge is -2.20. The Morgan fingerprint density at radius 3 is 2.58 bits per heavy atom. The van der Waals surface area contributed by atoms with Crippen molar-refractivity contribution in [3.63, 3.8) is 0 Å². The van der Waals surface area contributed by atoms with Crippen molar-refractivity contribution in [2.45, 2.75) is 46.2 Å². The molecule has 33 heavy (non-hydrogen) atoms. The molecule has 4 rings (SSSR count). The van der Waals surface area contributed by atoms with Crippen LogP contribution in [0.1, 0.15) is 43.3 Å². The third-order valence-corrected chi connectivity index (χ3v) is 5.49. The van der Waals surface area contributed by atoms with Gasteiger partial charge in [0.1, 0.15) is 29.7 Å². The number of rotatable bonds is 7. The number of anilines is 2. The van der Waals surface area contributed by atoms with E-state index in [-0.39, 0.29) is 23.8 Å². The lowest BCUT2D eigenvalue weighted by Crippen LogP contribution is -2.34. The maximum Gasteiger partial charge on any atom is 0.417 e. The monoisotopic (exact) mass is 451 g/mol. The normalized spacial score (nSPS) is 16.5. The highest BCUT2D eigenvalue weighted by Gasteiger charge is 2.35. The van der Waals surface area contributed by atoms with Gasteiger partial charge < -0.3 is 14.8 Å². The van der Waals surface area contributed by atoms with Gasteiger partial charge in [0.15, 0.2) is 0 Å². The van der Waals surface area contributed by atoms with Gasteiger partial charge in [0.05, 0.1) is 12.1 Å². The number of aryl methyl sites for hydroxylation is 2. The zero-order valence-corrected chi connectivity index (χ0v) is 19.0. The van der Waals surface area contributed by atoms with Crippen LogP contribution in [-0.4, -0.2) is 33.7 Å². The summed E-state index contributed by atoms with van der Waals surface area (Å²) in [6.45, 7) is 7.74. The highest BCUT2D eigenvalue weighted by atomic mass is 19.1. The predicted octanol–water partition coefficient (Wildman–Crippen LogP) is 5.33. The third-order valence-electron chi connectivity index (χ3n) is 5.49. The van der Waals surface area contributed by atoms with Gasteiger partial charge in [-0.05, 0) is 56.5 Å². The number of nitrogens with one attached hydrogen (secondary N) is 1. The summed E-state index contributed by atoms with van der Waals surface area (Å²) in [4.78, 5) is 26.8. The molecule has 0 aliphatic carbocycles. The SMILES string of the molecule is CC[C@H]1COC(=O)N1c1nc(C)nc(N[C@@H](C)c2ccc(Oc3ccc(C)c(F)c3)cc2)n1. The number of nitrogens with zero attached hydrogens (tertiary/aromatic N) is 4. The highest BCUT2D eigenvalue weighted by Crippen LogP contribution is 2.27. The van der Waals surface area contributed by atoms with Crippen LogP contribution in [0.2, 0.25) is 0 Å². The number of cyclic esters (lactones) is 1. The van der Waals surface area contributed by atoms with Crippen molar-refractivity contribution < 1.29 is 18.7 Å². The van der Waals surface area contributed by atoms with Crippen molar-refractivity contribution in [2.24, 2.45) is 0 Å². The maximum atomic E-state index is 13.7. The molecule has 1 fully saturated rings. The van der Waals surface area contributed by atoms with E-state index >= 15 is 0 Å². The number of ether oxygens (including phenoxy) is 2. The first-order chi connectivity index (χ1) is 15.8. The summed E-state index contributed by atoms with van der Waals surface area (Å²) in [6.07, 6.45) is 0.287. The lowest BCUT2D eigenvalue weighted by atomic mass is 10.1. The van der Waals surface area contributed by atoms with Crippen LogP contribution in [0.15, 0.2) is 42.5 Å². The van der Waals surface area contributed by atoms with Crippen LogP contribution in [-0.2, 0) is 4.74 Å². The quantitative estimate of drug-likeness (QED) is 0.519. The van der Waals surface area contributed by atoms with Gasteiger partial charge in [-0.1, -0.05) is 25.1 Å². The fourth-order valence-corrected chi connectivity index (χ4v) is 3.52. The van der Waals surface area contributed by atoms with Crippen molar-refractivity contribution >= 4 is 18.0 Å². The van der Waals surface area contributed by atoms with E-state index in [9.17, 15) is 9.18 Å². The Morgan fingerprint density at radius 1 is 1.15 bits per heavy atom. The van der Waals surface area contributed by atoms with Gasteiger partial charge in [-0.3, -0.25) is 0 Å². The van der Waals surface area contributed by atoms with E-state index in [2.05, 4.69) is 20.3 Å². The molecule has 1 saturated heterocycles. The molecule has 1 aliphatic rings. The van der Waals surface area contributed by atoms with Crippen LogP contribution < -0.4 is 15.0 Å². The minimum atomic E-state index is -0.449. The summed E-state index contributed by atoms with van der Waals surface area (Å²) >= 11 is 0. The Balaban J connectivity index is 1.47. The van der Waals surface area contributed by atoms with Crippen LogP contribution in [0.5, 0.6) is 11.5 Å². The third kappa shape index (κ3) is 5.02. The minimum absolute atomic E-state index is 0.0980. The van der Waals surface area contributed by atoms with Crippen LogP contribution in [0.3, 0.4) is 0 Å². The second-order valence-electron chi connectivity index (χ2n) is 7.96. The van der Waals surface area contributed by atoms with Crippen molar-refractivity contribution in [1.29, 1.82) is 0 Å². The second-order valence-corrected chi connectivity index (χ2v) is 7.96. The Hall–Kier alpha value is -3.75. The van der Waals surface area contributed by atoms with Crippen LogP contribution in [0, 0.1) is 19.7 Å². The van der Waals surface area contributed by atoms with E-state index in [0.717, 1.165) is 12.0 Å². The number of carbonyl (C=O) groups is 1. The van der Waals surface area contributed by atoms with E-state index in [4.69, 9.17) is 9.47 Å². The molecule has 2 aromatic carbocycles. The first kappa shape index (κ1) is 22.4. The van der Waals surface area contributed by atoms with Gasteiger partial charge in [0.25, 0.3) is 0 Å². The molecule has 0 saturated carbocycles. The predicted molar refractivity (Wildman–Crippen MR) is 122 cm³/mol. The molecule has 1 aliphatic heterocycles. The van der Waals surface area contributed by atoms with Gasteiger partial charge in [0.2, 0.25) is 11.9 Å². The number of halogens is 1. The Bertz CT molecular complexity index is 1160. The van der Waals surface area contributed by atoms with Gasteiger partial charge in [-0.2, -0.15) is 15.0 Å². The average Bonchev–Trinajstić information content (AvgIpc) is 3.17. The molecule has 0 spiro atoms. The Labute approximate surface area is 191 Å². The summed E-state index contributed by atoms with van der Waals surface area (Å²) in [6, 6.07) is 12.0. The van der Waals surface area contributed by atoms with Gasteiger partial charge >= 0.3 is 6.09 Å². The van der Waals surface area contributed by atoms with Crippen molar-refractivity contribution in [1.82, 2.24) is 15.0 Å².